The van der Waals surface area contributed by atoms with Crippen molar-refractivity contribution in [2.24, 2.45) is 0 Å². The summed E-state index contributed by atoms with van der Waals surface area (Å²) < 4.78 is 2.52. The van der Waals surface area contributed by atoms with Gasteiger partial charge in [-0.25, -0.2) is 15.0 Å². The monoisotopic (exact) mass is 673 g/mol. The SMILES string of the molecule is C[Si]1(C)c2ccccc2-c2c(-c3nc(-c4ccc(-c5cccc6ccccc56)cc4)nc(-c4ccc5c(c4)sc4ccccc45)n3)cccc21. The van der Waals surface area contributed by atoms with Gasteiger partial charge in [-0.3, -0.25) is 0 Å². The number of rotatable bonds is 4. The minimum Gasteiger partial charge on any atom is -0.208 e. The molecule has 2 aromatic heterocycles. The summed E-state index contributed by atoms with van der Waals surface area (Å²) in [6.45, 7) is 4.90. The van der Waals surface area contributed by atoms with Gasteiger partial charge in [-0.15, -0.1) is 11.3 Å². The maximum atomic E-state index is 5.26. The topological polar surface area (TPSA) is 38.7 Å². The Morgan fingerprint density at radius 1 is 0.420 bits per heavy atom. The van der Waals surface area contributed by atoms with Crippen LogP contribution in [0.4, 0.5) is 0 Å². The zero-order valence-electron chi connectivity index (χ0n) is 27.7. The normalized spacial score (nSPS) is 13.2. The van der Waals surface area contributed by atoms with Gasteiger partial charge in [0.05, 0.1) is 0 Å². The van der Waals surface area contributed by atoms with Crippen LogP contribution in [0.15, 0.2) is 152 Å². The van der Waals surface area contributed by atoms with Crippen LogP contribution >= 0.6 is 11.3 Å². The van der Waals surface area contributed by atoms with Crippen molar-refractivity contribution >= 4 is 60.7 Å². The first-order valence-corrected chi connectivity index (χ1v) is 20.8. The standard InChI is InChI=1S/C45H31N3SSi/c1-50(2)40-19-8-6-15-36(40)42-37(17-10-20-41(42)50)45-47-43(30-23-21-29(22-24-30)33-16-9-12-28-11-3-4-13-32(28)33)46-44(48-45)31-25-26-35-34-14-5-7-18-38(34)49-39(35)27-31/h3-27H,1-2H3. The summed E-state index contributed by atoms with van der Waals surface area (Å²) in [6.07, 6.45) is 0. The van der Waals surface area contributed by atoms with Crippen LogP contribution in [-0.2, 0) is 0 Å². The van der Waals surface area contributed by atoms with E-state index >= 15 is 0 Å². The van der Waals surface area contributed by atoms with Crippen molar-refractivity contribution < 1.29 is 0 Å². The highest BCUT2D eigenvalue weighted by Crippen LogP contribution is 2.39. The second kappa shape index (κ2) is 11.1. The van der Waals surface area contributed by atoms with Crippen LogP contribution in [-0.4, -0.2) is 23.0 Å². The summed E-state index contributed by atoms with van der Waals surface area (Å²) in [5.41, 5.74) is 7.98. The van der Waals surface area contributed by atoms with E-state index in [-0.39, 0.29) is 0 Å². The molecule has 3 heterocycles. The predicted octanol–water partition coefficient (Wildman–Crippen LogP) is 10.9. The van der Waals surface area contributed by atoms with Gasteiger partial charge in [-0.05, 0) is 55.5 Å². The third kappa shape index (κ3) is 4.51. The van der Waals surface area contributed by atoms with Crippen LogP contribution in [0.1, 0.15) is 0 Å². The summed E-state index contributed by atoms with van der Waals surface area (Å²) in [5, 5.41) is 7.93. The van der Waals surface area contributed by atoms with Crippen molar-refractivity contribution in [2.45, 2.75) is 13.1 Å². The Kier molecular flexibility index (Phi) is 6.50. The third-order valence-corrected chi connectivity index (χ3v) is 15.0. The molecule has 0 fully saturated rings. The van der Waals surface area contributed by atoms with Crippen LogP contribution < -0.4 is 10.4 Å². The lowest BCUT2D eigenvalue weighted by Crippen LogP contribution is -2.49. The first-order chi connectivity index (χ1) is 24.5. The first-order valence-electron chi connectivity index (χ1n) is 17.0. The molecule has 0 unspecified atom stereocenters. The number of hydrogen-bond donors (Lipinski definition) is 0. The molecule has 0 radical (unpaired) electrons. The van der Waals surface area contributed by atoms with Crippen LogP contribution in [0, 0.1) is 0 Å². The van der Waals surface area contributed by atoms with Gasteiger partial charge in [-0.1, -0.05) is 153 Å². The summed E-state index contributed by atoms with van der Waals surface area (Å²) in [7, 11) is -1.88. The van der Waals surface area contributed by atoms with Gasteiger partial charge in [0.15, 0.2) is 17.5 Å². The second-order valence-electron chi connectivity index (χ2n) is 13.6. The molecular formula is C45H31N3SSi. The average Bonchev–Trinajstić information content (AvgIpc) is 3.66. The average molecular weight is 674 g/mol. The van der Waals surface area contributed by atoms with E-state index in [9.17, 15) is 0 Å². The number of aromatic nitrogens is 3. The van der Waals surface area contributed by atoms with Gasteiger partial charge in [-0.2, -0.15) is 0 Å². The number of thiophene rings is 1. The van der Waals surface area contributed by atoms with Crippen molar-refractivity contribution in [1.82, 2.24) is 15.0 Å². The molecule has 1 aliphatic rings. The van der Waals surface area contributed by atoms with E-state index in [1.165, 1.54) is 63.6 Å². The van der Waals surface area contributed by atoms with E-state index in [4.69, 9.17) is 15.0 Å². The predicted molar refractivity (Wildman–Crippen MR) is 214 cm³/mol. The van der Waals surface area contributed by atoms with E-state index < -0.39 is 8.07 Å². The molecule has 7 aromatic carbocycles. The molecule has 0 saturated heterocycles. The van der Waals surface area contributed by atoms with E-state index in [0.717, 1.165) is 16.7 Å². The Balaban J connectivity index is 1.16. The number of hydrogen-bond acceptors (Lipinski definition) is 4. The summed E-state index contributed by atoms with van der Waals surface area (Å²) in [6, 6.07) is 54.5. The summed E-state index contributed by atoms with van der Waals surface area (Å²) >= 11 is 1.81. The molecule has 236 valence electrons. The van der Waals surface area contributed by atoms with Gasteiger partial charge in [0.1, 0.15) is 8.07 Å². The molecule has 0 atom stereocenters. The number of benzene rings is 7. The van der Waals surface area contributed by atoms with Crippen molar-refractivity contribution in [3.8, 4) is 56.4 Å². The molecule has 5 heteroatoms. The largest absolute Gasteiger partial charge is 0.208 e. The highest BCUT2D eigenvalue weighted by atomic mass is 32.1. The van der Waals surface area contributed by atoms with E-state index in [1.807, 2.05) is 11.3 Å². The minimum atomic E-state index is -1.88. The van der Waals surface area contributed by atoms with Gasteiger partial charge in [0.25, 0.3) is 0 Å². The fourth-order valence-corrected chi connectivity index (χ4v) is 12.1. The van der Waals surface area contributed by atoms with Crippen LogP contribution in [0.3, 0.4) is 0 Å². The molecule has 3 nitrogen and oxygen atoms in total. The van der Waals surface area contributed by atoms with E-state index in [2.05, 4.69) is 165 Å². The molecule has 1 aliphatic heterocycles. The summed E-state index contributed by atoms with van der Waals surface area (Å²) in [4.78, 5) is 15.7. The highest BCUT2D eigenvalue weighted by Gasteiger charge is 2.38. The fourth-order valence-electron chi connectivity index (χ4n) is 7.84. The van der Waals surface area contributed by atoms with Gasteiger partial charge < -0.3 is 0 Å². The van der Waals surface area contributed by atoms with Crippen LogP contribution in [0.25, 0.3) is 87.4 Å². The minimum absolute atomic E-state index is 0.672. The highest BCUT2D eigenvalue weighted by molar-refractivity contribution is 7.25. The van der Waals surface area contributed by atoms with Crippen molar-refractivity contribution in [3.63, 3.8) is 0 Å². The van der Waals surface area contributed by atoms with Crippen molar-refractivity contribution in [1.29, 1.82) is 0 Å². The Labute approximate surface area is 295 Å². The van der Waals surface area contributed by atoms with E-state index in [0.29, 0.717) is 17.5 Å². The van der Waals surface area contributed by atoms with Gasteiger partial charge in [0, 0.05) is 36.9 Å². The van der Waals surface area contributed by atoms with Gasteiger partial charge in [0.2, 0.25) is 0 Å². The van der Waals surface area contributed by atoms with E-state index in [1.54, 1.807) is 0 Å². The molecule has 0 bridgehead atoms. The molecular weight excluding hydrogens is 643 g/mol. The Morgan fingerprint density at radius 2 is 1.00 bits per heavy atom. The summed E-state index contributed by atoms with van der Waals surface area (Å²) in [5.74, 6) is 2.06. The van der Waals surface area contributed by atoms with Crippen molar-refractivity contribution in [2.75, 3.05) is 0 Å². The Hall–Kier alpha value is -5.75. The molecule has 0 aliphatic carbocycles. The molecule has 10 rings (SSSR count). The Bertz CT molecular complexity index is 2790. The second-order valence-corrected chi connectivity index (χ2v) is 19.0. The van der Waals surface area contributed by atoms with Gasteiger partial charge >= 0.3 is 0 Å². The quantitative estimate of drug-likeness (QED) is 0.175. The number of nitrogens with zero attached hydrogens (tertiary/aromatic N) is 3. The molecule has 50 heavy (non-hydrogen) atoms. The van der Waals surface area contributed by atoms with Crippen LogP contribution in [0.5, 0.6) is 0 Å². The maximum Gasteiger partial charge on any atom is 0.164 e. The lowest BCUT2D eigenvalue weighted by molar-refractivity contribution is 1.08. The maximum absolute atomic E-state index is 5.26. The molecule has 0 N–H and O–H groups in total. The molecule has 0 saturated carbocycles. The molecule has 0 amide bonds. The smallest absolute Gasteiger partial charge is 0.164 e. The first kappa shape index (κ1) is 29.2. The molecule has 9 aromatic rings. The van der Waals surface area contributed by atoms with Crippen molar-refractivity contribution in [3.05, 3.63) is 152 Å². The lowest BCUT2D eigenvalue weighted by atomic mass is 9.97. The van der Waals surface area contributed by atoms with Crippen LogP contribution in [0.2, 0.25) is 13.1 Å². The lowest BCUT2D eigenvalue weighted by Gasteiger charge is -2.18. The number of fused-ring (bicyclic) bond motifs is 7. The fraction of sp³-hybridized carbons (Fsp3) is 0.0444. The zero-order valence-corrected chi connectivity index (χ0v) is 29.5. The molecule has 0 spiro atoms. The Morgan fingerprint density at radius 3 is 1.88 bits per heavy atom. The third-order valence-electron chi connectivity index (χ3n) is 10.4. The zero-order chi connectivity index (χ0) is 33.4.